The van der Waals surface area contributed by atoms with Gasteiger partial charge in [0.2, 0.25) is 0 Å². The number of nitrogens with one attached hydrogen (secondary N) is 1. The van der Waals surface area contributed by atoms with Crippen molar-refractivity contribution in [3.63, 3.8) is 0 Å². The van der Waals surface area contributed by atoms with Crippen molar-refractivity contribution in [2.45, 2.75) is 19.3 Å². The van der Waals surface area contributed by atoms with Crippen molar-refractivity contribution in [2.24, 2.45) is 11.7 Å². The molecule has 2 heterocycles. The van der Waals surface area contributed by atoms with Crippen LogP contribution in [0, 0.1) is 11.3 Å². The fourth-order valence-electron chi connectivity index (χ4n) is 2.24. The topological polar surface area (TPSA) is 53.1 Å². The first-order valence-corrected chi connectivity index (χ1v) is 6.72. The smallest absolute Gasteiger partial charge is 0.0949 e. The highest BCUT2D eigenvalue weighted by Gasteiger charge is 2.21. The highest BCUT2D eigenvalue weighted by atomic mass is 32.1. The second-order valence-corrected chi connectivity index (χ2v) is 5.46. The number of nitrogens with two attached hydrogens (primary N) is 1. The van der Waals surface area contributed by atoms with E-state index >= 15 is 0 Å². The number of hydrogen-bond donors (Lipinski definition) is 2. The van der Waals surface area contributed by atoms with Crippen molar-refractivity contribution >= 4 is 17.2 Å². The van der Waals surface area contributed by atoms with Gasteiger partial charge in [-0.05, 0) is 37.3 Å². The van der Waals surface area contributed by atoms with E-state index in [-0.39, 0.29) is 5.92 Å². The quantitative estimate of drug-likeness (QED) is 0.621. The SMILES string of the molecule is N=C(N)C1CCCN(CCc2cccs2)C1. The van der Waals surface area contributed by atoms with Gasteiger partial charge in [-0.15, -0.1) is 11.3 Å². The summed E-state index contributed by atoms with van der Waals surface area (Å²) in [6.45, 7) is 3.24. The van der Waals surface area contributed by atoms with Gasteiger partial charge in [-0.25, -0.2) is 0 Å². The molecule has 0 bridgehead atoms. The monoisotopic (exact) mass is 237 g/mol. The Morgan fingerprint density at radius 3 is 3.19 bits per heavy atom. The minimum atomic E-state index is 0.289. The second kappa shape index (κ2) is 5.46. The van der Waals surface area contributed by atoms with Crippen LogP contribution in [0.25, 0.3) is 0 Å². The number of piperidine rings is 1. The lowest BCUT2D eigenvalue weighted by molar-refractivity contribution is 0.206. The predicted octanol–water partition coefficient (Wildman–Crippen LogP) is 1.94. The van der Waals surface area contributed by atoms with Gasteiger partial charge in [0.15, 0.2) is 0 Å². The summed E-state index contributed by atoms with van der Waals surface area (Å²) in [6, 6.07) is 4.30. The fraction of sp³-hybridized carbons (Fsp3) is 0.583. The highest BCUT2D eigenvalue weighted by molar-refractivity contribution is 7.09. The normalized spacial score (nSPS) is 22.1. The minimum absolute atomic E-state index is 0.289. The third kappa shape index (κ3) is 3.06. The second-order valence-electron chi connectivity index (χ2n) is 4.42. The summed E-state index contributed by atoms with van der Waals surface area (Å²) in [5, 5.41) is 9.63. The van der Waals surface area contributed by atoms with E-state index in [2.05, 4.69) is 22.4 Å². The summed E-state index contributed by atoms with van der Waals surface area (Å²) in [6.07, 6.45) is 3.39. The van der Waals surface area contributed by atoms with Gasteiger partial charge in [-0.2, -0.15) is 0 Å². The van der Waals surface area contributed by atoms with Crippen molar-refractivity contribution in [1.82, 2.24) is 4.90 Å². The Kier molecular flexibility index (Phi) is 3.96. The zero-order valence-corrected chi connectivity index (χ0v) is 10.3. The Morgan fingerprint density at radius 1 is 1.62 bits per heavy atom. The van der Waals surface area contributed by atoms with E-state index in [0.29, 0.717) is 5.84 Å². The zero-order valence-electron chi connectivity index (χ0n) is 9.48. The molecule has 2 rings (SSSR count). The van der Waals surface area contributed by atoms with E-state index in [0.717, 1.165) is 32.5 Å². The predicted molar refractivity (Wildman–Crippen MR) is 69.1 cm³/mol. The van der Waals surface area contributed by atoms with Crippen LogP contribution in [0.4, 0.5) is 0 Å². The molecule has 0 saturated carbocycles. The van der Waals surface area contributed by atoms with Crippen molar-refractivity contribution in [2.75, 3.05) is 19.6 Å². The standard InChI is InChI=1S/C12H19N3S/c13-12(14)10-3-1-6-15(9-10)7-5-11-4-2-8-16-11/h2,4,8,10H,1,3,5-7,9H2,(H3,13,14). The first kappa shape index (κ1) is 11.6. The lowest BCUT2D eigenvalue weighted by Gasteiger charge is -2.31. The van der Waals surface area contributed by atoms with E-state index in [4.69, 9.17) is 11.1 Å². The molecule has 3 nitrogen and oxygen atoms in total. The van der Waals surface area contributed by atoms with Gasteiger partial charge in [-0.3, -0.25) is 5.41 Å². The van der Waals surface area contributed by atoms with Crippen LogP contribution in [0.5, 0.6) is 0 Å². The highest BCUT2D eigenvalue weighted by Crippen LogP contribution is 2.17. The Labute approximate surface area is 101 Å². The average molecular weight is 237 g/mol. The van der Waals surface area contributed by atoms with Gasteiger partial charge in [0, 0.05) is 23.9 Å². The van der Waals surface area contributed by atoms with Crippen LogP contribution in [0.2, 0.25) is 0 Å². The van der Waals surface area contributed by atoms with Crippen LogP contribution in [0.1, 0.15) is 17.7 Å². The molecular weight excluding hydrogens is 218 g/mol. The molecule has 1 aromatic heterocycles. The van der Waals surface area contributed by atoms with Crippen LogP contribution in [0.15, 0.2) is 17.5 Å². The Balaban J connectivity index is 1.79. The Bertz CT molecular complexity index is 334. The summed E-state index contributed by atoms with van der Waals surface area (Å²) in [5.74, 6) is 0.651. The number of rotatable bonds is 4. The van der Waals surface area contributed by atoms with E-state index in [9.17, 15) is 0 Å². The molecule has 4 heteroatoms. The largest absolute Gasteiger partial charge is 0.387 e. The van der Waals surface area contributed by atoms with Crippen molar-refractivity contribution in [1.29, 1.82) is 5.41 Å². The van der Waals surface area contributed by atoms with Crippen LogP contribution >= 0.6 is 11.3 Å². The molecule has 1 fully saturated rings. The van der Waals surface area contributed by atoms with Gasteiger partial charge < -0.3 is 10.6 Å². The molecular formula is C12H19N3S. The van der Waals surface area contributed by atoms with Crippen molar-refractivity contribution in [3.8, 4) is 0 Å². The molecule has 3 N–H and O–H groups in total. The van der Waals surface area contributed by atoms with Crippen LogP contribution in [-0.4, -0.2) is 30.4 Å². The molecule has 0 radical (unpaired) electrons. The molecule has 16 heavy (non-hydrogen) atoms. The van der Waals surface area contributed by atoms with E-state index in [1.165, 1.54) is 11.3 Å². The maximum Gasteiger partial charge on any atom is 0.0949 e. The number of hydrogen-bond acceptors (Lipinski definition) is 3. The molecule has 1 unspecified atom stereocenters. The molecule has 1 aromatic rings. The Morgan fingerprint density at radius 2 is 2.50 bits per heavy atom. The molecule has 0 spiro atoms. The number of amidine groups is 1. The molecule has 1 saturated heterocycles. The van der Waals surface area contributed by atoms with Gasteiger partial charge in [-0.1, -0.05) is 6.07 Å². The molecule has 0 aliphatic carbocycles. The van der Waals surface area contributed by atoms with Gasteiger partial charge >= 0.3 is 0 Å². The summed E-state index contributed by atoms with van der Waals surface area (Å²) >= 11 is 1.82. The molecule has 1 aliphatic heterocycles. The summed E-state index contributed by atoms with van der Waals surface area (Å²) < 4.78 is 0. The molecule has 88 valence electrons. The summed E-state index contributed by atoms with van der Waals surface area (Å²) in [4.78, 5) is 3.89. The van der Waals surface area contributed by atoms with Crippen molar-refractivity contribution < 1.29 is 0 Å². The Hall–Kier alpha value is -0.870. The lowest BCUT2D eigenvalue weighted by Crippen LogP contribution is -2.41. The van der Waals surface area contributed by atoms with E-state index in [1.807, 2.05) is 11.3 Å². The first-order valence-electron chi connectivity index (χ1n) is 5.84. The number of likely N-dealkylation sites (tertiary alicyclic amines) is 1. The molecule has 0 amide bonds. The van der Waals surface area contributed by atoms with Crippen LogP contribution in [-0.2, 0) is 6.42 Å². The van der Waals surface area contributed by atoms with Gasteiger partial charge in [0.25, 0.3) is 0 Å². The van der Waals surface area contributed by atoms with Crippen LogP contribution in [0.3, 0.4) is 0 Å². The zero-order chi connectivity index (χ0) is 11.4. The molecule has 1 aliphatic rings. The number of nitrogens with zero attached hydrogens (tertiary/aromatic N) is 1. The van der Waals surface area contributed by atoms with Crippen LogP contribution < -0.4 is 5.73 Å². The maximum absolute atomic E-state index is 7.50. The third-order valence-corrected chi connectivity index (χ3v) is 4.14. The van der Waals surface area contributed by atoms with Crippen molar-refractivity contribution in [3.05, 3.63) is 22.4 Å². The minimum Gasteiger partial charge on any atom is -0.387 e. The number of thiophene rings is 1. The summed E-state index contributed by atoms with van der Waals surface area (Å²) in [7, 11) is 0. The summed E-state index contributed by atoms with van der Waals surface area (Å²) in [5.41, 5.74) is 5.58. The van der Waals surface area contributed by atoms with E-state index < -0.39 is 0 Å². The molecule has 0 aromatic carbocycles. The van der Waals surface area contributed by atoms with Gasteiger partial charge in [0.1, 0.15) is 0 Å². The first-order chi connectivity index (χ1) is 7.75. The fourth-order valence-corrected chi connectivity index (χ4v) is 2.93. The maximum atomic E-state index is 7.50. The average Bonchev–Trinajstić information content (AvgIpc) is 2.79. The van der Waals surface area contributed by atoms with Gasteiger partial charge in [0.05, 0.1) is 5.84 Å². The molecule has 1 atom stereocenters. The van der Waals surface area contributed by atoms with E-state index in [1.54, 1.807) is 0 Å². The lowest BCUT2D eigenvalue weighted by atomic mass is 9.97. The third-order valence-electron chi connectivity index (χ3n) is 3.20.